The number of rotatable bonds is 2. The molecule has 146 valence electrons. The Morgan fingerprint density at radius 2 is 1.85 bits per heavy atom. The molecule has 27 heavy (non-hydrogen) atoms. The lowest BCUT2D eigenvalue weighted by atomic mass is 10.1. The van der Waals surface area contributed by atoms with E-state index in [1.165, 1.54) is 12.1 Å². The number of thiazole rings is 1. The van der Waals surface area contributed by atoms with Crippen LogP contribution in [0.15, 0.2) is 29.6 Å². The lowest BCUT2D eigenvalue weighted by Gasteiger charge is -2.44. The molecular weight excluding hydrogens is 365 g/mol. The average Bonchev–Trinajstić information content (AvgIpc) is 3.05. The number of hydrogen-bond donors (Lipinski definition) is 0. The summed E-state index contributed by atoms with van der Waals surface area (Å²) in [5, 5.41) is 2.90. The highest BCUT2D eigenvalue weighted by molar-refractivity contribution is 7.14. The molecule has 2 heterocycles. The Kier molecular flexibility index (Phi) is 5.42. The number of carbonyl (C=O) groups is 1. The molecule has 3 rings (SSSR count). The van der Waals surface area contributed by atoms with E-state index in [1.54, 1.807) is 28.4 Å². The van der Waals surface area contributed by atoms with Crippen LogP contribution in [0, 0.1) is 5.82 Å². The van der Waals surface area contributed by atoms with Crippen molar-refractivity contribution in [2.75, 3.05) is 18.0 Å². The molecule has 1 fully saturated rings. The van der Waals surface area contributed by atoms with Crippen molar-refractivity contribution in [3.05, 3.63) is 35.5 Å². The highest BCUT2D eigenvalue weighted by Gasteiger charge is 2.35. The molecule has 0 radical (unpaired) electrons. The molecule has 1 saturated heterocycles. The molecule has 1 aliphatic rings. The number of ether oxygens (including phenoxy) is 1. The fourth-order valence-electron chi connectivity index (χ4n) is 3.12. The summed E-state index contributed by atoms with van der Waals surface area (Å²) < 4.78 is 18.7. The van der Waals surface area contributed by atoms with Crippen molar-refractivity contribution in [3.8, 4) is 11.3 Å². The van der Waals surface area contributed by atoms with E-state index in [0.717, 1.165) is 16.4 Å². The minimum atomic E-state index is -0.503. The number of piperazine rings is 1. The van der Waals surface area contributed by atoms with E-state index < -0.39 is 5.60 Å². The quantitative estimate of drug-likeness (QED) is 0.739. The lowest BCUT2D eigenvalue weighted by Crippen LogP contribution is -2.59. The van der Waals surface area contributed by atoms with E-state index in [0.29, 0.717) is 13.1 Å². The molecule has 2 aromatic rings. The zero-order valence-corrected chi connectivity index (χ0v) is 17.2. The van der Waals surface area contributed by atoms with Crippen molar-refractivity contribution in [2.45, 2.75) is 52.3 Å². The number of carbonyl (C=O) groups excluding carboxylic acids is 1. The van der Waals surface area contributed by atoms with Gasteiger partial charge in [0, 0.05) is 36.1 Å². The van der Waals surface area contributed by atoms with Gasteiger partial charge in [-0.15, -0.1) is 11.3 Å². The summed E-state index contributed by atoms with van der Waals surface area (Å²) >= 11 is 1.57. The molecule has 1 aromatic carbocycles. The molecule has 5 nitrogen and oxygen atoms in total. The number of benzene rings is 1. The molecule has 0 aliphatic carbocycles. The number of hydrogen-bond acceptors (Lipinski definition) is 5. The second kappa shape index (κ2) is 7.46. The van der Waals surface area contributed by atoms with Crippen LogP contribution in [0.3, 0.4) is 0 Å². The van der Waals surface area contributed by atoms with Crippen LogP contribution < -0.4 is 4.90 Å². The third-order valence-corrected chi connectivity index (χ3v) is 5.37. The summed E-state index contributed by atoms with van der Waals surface area (Å²) in [5.41, 5.74) is 1.23. The molecule has 0 saturated carbocycles. The molecular formula is C20H26FN3O2S. The lowest BCUT2D eigenvalue weighted by molar-refractivity contribution is 0.0130. The topological polar surface area (TPSA) is 45.7 Å². The minimum Gasteiger partial charge on any atom is -0.444 e. The molecule has 1 aromatic heterocycles. The average molecular weight is 392 g/mol. The van der Waals surface area contributed by atoms with Gasteiger partial charge in [-0.1, -0.05) is 0 Å². The maximum Gasteiger partial charge on any atom is 0.410 e. The Balaban J connectivity index is 1.72. The summed E-state index contributed by atoms with van der Waals surface area (Å²) in [4.78, 5) is 21.2. The normalized spacial score (nSPS) is 20.7. The zero-order chi connectivity index (χ0) is 19.8. The zero-order valence-electron chi connectivity index (χ0n) is 16.4. The van der Waals surface area contributed by atoms with Crippen LogP contribution in [0.4, 0.5) is 14.3 Å². The first-order valence-corrected chi connectivity index (χ1v) is 10.00. The van der Waals surface area contributed by atoms with Crippen molar-refractivity contribution in [1.82, 2.24) is 9.88 Å². The summed E-state index contributed by atoms with van der Waals surface area (Å²) in [6.07, 6.45) is -0.271. The number of nitrogens with zero attached hydrogens (tertiary/aromatic N) is 3. The highest BCUT2D eigenvalue weighted by atomic mass is 32.1. The predicted molar refractivity (Wildman–Crippen MR) is 107 cm³/mol. The van der Waals surface area contributed by atoms with Crippen LogP contribution in [0.25, 0.3) is 11.3 Å². The SMILES string of the molecule is CC1CN(c2nc(-c3ccc(F)cc3)cs2)[C@H](C)CN1C(=O)OC(C)(C)C. The molecule has 0 spiro atoms. The fraction of sp³-hybridized carbons (Fsp3) is 0.500. The third kappa shape index (κ3) is 4.58. The molecule has 0 N–H and O–H groups in total. The van der Waals surface area contributed by atoms with Gasteiger partial charge in [0.2, 0.25) is 0 Å². The Bertz CT molecular complexity index is 800. The summed E-state index contributed by atoms with van der Waals surface area (Å²) in [7, 11) is 0. The van der Waals surface area contributed by atoms with E-state index in [9.17, 15) is 9.18 Å². The van der Waals surface area contributed by atoms with Crippen LogP contribution in [0.5, 0.6) is 0 Å². The Morgan fingerprint density at radius 3 is 2.48 bits per heavy atom. The first kappa shape index (κ1) is 19.6. The number of anilines is 1. The van der Waals surface area contributed by atoms with E-state index in [4.69, 9.17) is 9.72 Å². The van der Waals surface area contributed by atoms with Gasteiger partial charge in [0.05, 0.1) is 5.69 Å². The van der Waals surface area contributed by atoms with Gasteiger partial charge >= 0.3 is 6.09 Å². The third-order valence-electron chi connectivity index (χ3n) is 4.49. The monoisotopic (exact) mass is 391 g/mol. The summed E-state index contributed by atoms with van der Waals surface area (Å²) in [5.74, 6) is -0.255. The smallest absolute Gasteiger partial charge is 0.410 e. The van der Waals surface area contributed by atoms with Crippen LogP contribution in [-0.4, -0.2) is 46.8 Å². The van der Waals surface area contributed by atoms with Crippen LogP contribution in [0.2, 0.25) is 0 Å². The van der Waals surface area contributed by atoms with Crippen LogP contribution >= 0.6 is 11.3 Å². The number of aromatic nitrogens is 1. The van der Waals surface area contributed by atoms with Gasteiger partial charge in [-0.3, -0.25) is 0 Å². The van der Waals surface area contributed by atoms with Gasteiger partial charge in [-0.05, 0) is 58.9 Å². The van der Waals surface area contributed by atoms with Crippen molar-refractivity contribution in [2.24, 2.45) is 0 Å². The van der Waals surface area contributed by atoms with Crippen molar-refractivity contribution >= 4 is 22.6 Å². The van der Waals surface area contributed by atoms with Crippen LogP contribution in [0.1, 0.15) is 34.6 Å². The second-order valence-corrected chi connectivity index (χ2v) is 8.84. The Labute approximate surface area is 163 Å². The van der Waals surface area contributed by atoms with Crippen molar-refractivity contribution in [1.29, 1.82) is 0 Å². The first-order chi connectivity index (χ1) is 12.6. The highest BCUT2D eigenvalue weighted by Crippen LogP contribution is 2.31. The van der Waals surface area contributed by atoms with E-state index in [1.807, 2.05) is 33.1 Å². The minimum absolute atomic E-state index is 0.0224. The second-order valence-electron chi connectivity index (χ2n) is 8.01. The Morgan fingerprint density at radius 1 is 1.19 bits per heavy atom. The largest absolute Gasteiger partial charge is 0.444 e. The van der Waals surface area contributed by atoms with Crippen molar-refractivity contribution < 1.29 is 13.9 Å². The standard InChI is InChI=1S/C20H26FN3O2S/c1-13-11-24(19(25)26-20(3,4)5)14(2)10-23(13)18-22-17(12-27-18)15-6-8-16(21)9-7-15/h6-9,12-14H,10-11H2,1-5H3/t13-,14?/m1/s1. The van der Waals surface area contributed by atoms with Gasteiger partial charge in [0.15, 0.2) is 5.13 Å². The van der Waals surface area contributed by atoms with E-state index in [-0.39, 0.29) is 24.0 Å². The molecule has 1 amide bonds. The van der Waals surface area contributed by atoms with Crippen LogP contribution in [-0.2, 0) is 4.74 Å². The van der Waals surface area contributed by atoms with Gasteiger partial charge in [-0.2, -0.15) is 0 Å². The maximum atomic E-state index is 13.1. The molecule has 0 bridgehead atoms. The number of amides is 1. The van der Waals surface area contributed by atoms with E-state index in [2.05, 4.69) is 11.8 Å². The van der Waals surface area contributed by atoms with Gasteiger partial charge < -0.3 is 14.5 Å². The predicted octanol–water partition coefficient (Wildman–Crippen LogP) is 4.78. The summed E-state index contributed by atoms with van der Waals surface area (Å²) in [6, 6.07) is 6.51. The van der Waals surface area contributed by atoms with E-state index >= 15 is 0 Å². The molecule has 2 atom stereocenters. The molecule has 1 aliphatic heterocycles. The summed E-state index contributed by atoms with van der Waals surface area (Å²) in [6.45, 7) is 11.0. The van der Waals surface area contributed by atoms with Crippen molar-refractivity contribution in [3.63, 3.8) is 0 Å². The maximum absolute atomic E-state index is 13.1. The number of halogens is 1. The fourth-order valence-corrected chi connectivity index (χ4v) is 4.06. The first-order valence-electron chi connectivity index (χ1n) is 9.12. The Hall–Kier alpha value is -2.15. The molecule has 7 heteroatoms. The van der Waals surface area contributed by atoms with Gasteiger partial charge in [-0.25, -0.2) is 14.2 Å². The molecule has 1 unspecified atom stereocenters. The van der Waals surface area contributed by atoms with Gasteiger partial charge in [0.1, 0.15) is 11.4 Å². The van der Waals surface area contributed by atoms with Gasteiger partial charge in [0.25, 0.3) is 0 Å².